The van der Waals surface area contributed by atoms with Gasteiger partial charge in [0.25, 0.3) is 0 Å². The maximum atomic E-state index is 5.64. The lowest BCUT2D eigenvalue weighted by Gasteiger charge is -2.25. The molecule has 1 aliphatic heterocycles. The van der Waals surface area contributed by atoms with Crippen molar-refractivity contribution in [1.82, 2.24) is 0 Å². The number of nitrogens with two attached hydrogens (primary N) is 1. The molecule has 3 rings (SSSR count). The SMILES string of the molecule is CC1Cc2ccccc2N1Cc1ccc(CN)cc1. The molecule has 0 bridgehead atoms. The van der Waals surface area contributed by atoms with Crippen LogP contribution in [0.5, 0.6) is 0 Å². The Morgan fingerprint density at radius 1 is 1.05 bits per heavy atom. The zero-order valence-corrected chi connectivity index (χ0v) is 11.3. The van der Waals surface area contributed by atoms with Crippen LogP contribution in [0.3, 0.4) is 0 Å². The fourth-order valence-corrected chi connectivity index (χ4v) is 2.85. The molecular weight excluding hydrogens is 232 g/mol. The van der Waals surface area contributed by atoms with E-state index < -0.39 is 0 Å². The standard InChI is InChI=1S/C17H20N2/c1-13-10-16-4-2-3-5-17(16)19(13)12-15-8-6-14(11-18)7-9-15/h2-9,13H,10-12,18H2,1H3. The summed E-state index contributed by atoms with van der Waals surface area (Å²) in [5.74, 6) is 0. The monoisotopic (exact) mass is 252 g/mol. The van der Waals surface area contributed by atoms with Gasteiger partial charge in [0.15, 0.2) is 0 Å². The molecule has 2 aromatic rings. The van der Waals surface area contributed by atoms with Crippen LogP contribution in [0.2, 0.25) is 0 Å². The molecule has 1 aliphatic rings. The maximum Gasteiger partial charge on any atom is 0.0432 e. The number of benzene rings is 2. The van der Waals surface area contributed by atoms with Crippen molar-refractivity contribution in [3.05, 3.63) is 65.2 Å². The normalized spacial score (nSPS) is 17.6. The molecule has 0 saturated heterocycles. The topological polar surface area (TPSA) is 29.3 Å². The lowest BCUT2D eigenvalue weighted by molar-refractivity contribution is 0.672. The third-order valence-corrected chi connectivity index (χ3v) is 3.96. The van der Waals surface area contributed by atoms with Gasteiger partial charge in [-0.25, -0.2) is 0 Å². The van der Waals surface area contributed by atoms with E-state index in [0.717, 1.165) is 13.0 Å². The molecule has 2 N–H and O–H groups in total. The number of rotatable bonds is 3. The van der Waals surface area contributed by atoms with Gasteiger partial charge in [-0.2, -0.15) is 0 Å². The zero-order chi connectivity index (χ0) is 13.2. The average molecular weight is 252 g/mol. The van der Waals surface area contributed by atoms with Gasteiger partial charge in [-0.1, -0.05) is 42.5 Å². The molecule has 1 unspecified atom stereocenters. The van der Waals surface area contributed by atoms with Crippen LogP contribution in [-0.2, 0) is 19.5 Å². The summed E-state index contributed by atoms with van der Waals surface area (Å²) in [6.07, 6.45) is 1.15. The van der Waals surface area contributed by atoms with Crippen LogP contribution in [0, 0.1) is 0 Å². The molecule has 1 atom stereocenters. The second-order valence-corrected chi connectivity index (χ2v) is 5.33. The largest absolute Gasteiger partial charge is 0.364 e. The van der Waals surface area contributed by atoms with Gasteiger partial charge < -0.3 is 10.6 Å². The minimum absolute atomic E-state index is 0.576. The number of hydrogen-bond acceptors (Lipinski definition) is 2. The van der Waals surface area contributed by atoms with Crippen LogP contribution in [0.1, 0.15) is 23.6 Å². The molecule has 2 nitrogen and oxygen atoms in total. The second-order valence-electron chi connectivity index (χ2n) is 5.33. The maximum absolute atomic E-state index is 5.64. The van der Waals surface area contributed by atoms with Crippen LogP contribution in [-0.4, -0.2) is 6.04 Å². The van der Waals surface area contributed by atoms with Crippen molar-refractivity contribution in [1.29, 1.82) is 0 Å². The molecule has 98 valence electrons. The Labute approximate surface area is 114 Å². The lowest BCUT2D eigenvalue weighted by Crippen LogP contribution is -2.28. The third-order valence-electron chi connectivity index (χ3n) is 3.96. The molecule has 0 saturated carbocycles. The van der Waals surface area contributed by atoms with Gasteiger partial charge in [0.05, 0.1) is 0 Å². The molecule has 1 heterocycles. The van der Waals surface area contributed by atoms with Gasteiger partial charge in [-0.15, -0.1) is 0 Å². The fourth-order valence-electron chi connectivity index (χ4n) is 2.85. The van der Waals surface area contributed by atoms with Crippen molar-refractivity contribution in [2.75, 3.05) is 4.90 Å². The van der Waals surface area contributed by atoms with E-state index >= 15 is 0 Å². The predicted octanol–water partition coefficient (Wildman–Crippen LogP) is 3.10. The quantitative estimate of drug-likeness (QED) is 0.909. The van der Waals surface area contributed by atoms with Crippen LogP contribution >= 0.6 is 0 Å². The Bertz CT molecular complexity index is 560. The van der Waals surface area contributed by atoms with Crippen molar-refractivity contribution < 1.29 is 0 Å². The lowest BCUT2D eigenvalue weighted by atomic mass is 10.1. The van der Waals surface area contributed by atoms with Gasteiger partial charge in [0, 0.05) is 24.8 Å². The number of fused-ring (bicyclic) bond motifs is 1. The first-order valence-corrected chi connectivity index (χ1v) is 6.90. The smallest absolute Gasteiger partial charge is 0.0432 e. The number of nitrogens with zero attached hydrogens (tertiary/aromatic N) is 1. The Kier molecular flexibility index (Phi) is 3.26. The van der Waals surface area contributed by atoms with Gasteiger partial charge in [-0.3, -0.25) is 0 Å². The minimum Gasteiger partial charge on any atom is -0.364 e. The highest BCUT2D eigenvalue weighted by Crippen LogP contribution is 2.32. The number of hydrogen-bond donors (Lipinski definition) is 1. The van der Waals surface area contributed by atoms with E-state index in [1.54, 1.807) is 0 Å². The van der Waals surface area contributed by atoms with Crippen LogP contribution in [0.4, 0.5) is 5.69 Å². The summed E-state index contributed by atoms with van der Waals surface area (Å²) in [6, 6.07) is 17.9. The molecule has 2 aromatic carbocycles. The highest BCUT2D eigenvalue weighted by Gasteiger charge is 2.25. The summed E-state index contributed by atoms with van der Waals surface area (Å²) in [4.78, 5) is 2.49. The molecule has 0 aliphatic carbocycles. The minimum atomic E-state index is 0.576. The third kappa shape index (κ3) is 2.36. The summed E-state index contributed by atoms with van der Waals surface area (Å²) in [6.45, 7) is 3.89. The number of anilines is 1. The molecule has 2 heteroatoms. The Hall–Kier alpha value is -1.80. The van der Waals surface area contributed by atoms with Gasteiger partial charge in [-0.05, 0) is 36.1 Å². The zero-order valence-electron chi connectivity index (χ0n) is 11.3. The highest BCUT2D eigenvalue weighted by molar-refractivity contribution is 5.59. The summed E-state index contributed by atoms with van der Waals surface area (Å²) in [7, 11) is 0. The first-order valence-electron chi connectivity index (χ1n) is 6.90. The Morgan fingerprint density at radius 3 is 2.47 bits per heavy atom. The van der Waals surface area contributed by atoms with Crippen LogP contribution in [0.25, 0.3) is 0 Å². The summed E-state index contributed by atoms with van der Waals surface area (Å²) in [5, 5.41) is 0. The van der Waals surface area contributed by atoms with Crippen LogP contribution < -0.4 is 10.6 Å². The van der Waals surface area contributed by atoms with E-state index in [-0.39, 0.29) is 0 Å². The van der Waals surface area contributed by atoms with E-state index in [0.29, 0.717) is 12.6 Å². The Balaban J connectivity index is 1.82. The van der Waals surface area contributed by atoms with Crippen LogP contribution in [0.15, 0.2) is 48.5 Å². The van der Waals surface area contributed by atoms with Gasteiger partial charge in [0.2, 0.25) is 0 Å². The van der Waals surface area contributed by atoms with Crippen molar-refractivity contribution in [3.8, 4) is 0 Å². The molecule has 0 spiro atoms. The Morgan fingerprint density at radius 2 is 1.74 bits per heavy atom. The first kappa shape index (κ1) is 12.2. The van der Waals surface area contributed by atoms with E-state index in [1.165, 1.54) is 22.4 Å². The molecular formula is C17H20N2. The second kappa shape index (κ2) is 5.06. The summed E-state index contributed by atoms with van der Waals surface area (Å²) < 4.78 is 0. The number of para-hydroxylation sites is 1. The van der Waals surface area contributed by atoms with Crippen molar-refractivity contribution >= 4 is 5.69 Å². The van der Waals surface area contributed by atoms with Crippen molar-refractivity contribution in [3.63, 3.8) is 0 Å². The average Bonchev–Trinajstić information content (AvgIpc) is 2.76. The van der Waals surface area contributed by atoms with Gasteiger partial charge >= 0.3 is 0 Å². The van der Waals surface area contributed by atoms with Gasteiger partial charge in [0.1, 0.15) is 0 Å². The molecule has 19 heavy (non-hydrogen) atoms. The predicted molar refractivity (Wildman–Crippen MR) is 80.1 cm³/mol. The molecule has 0 aromatic heterocycles. The highest BCUT2D eigenvalue weighted by atomic mass is 15.2. The molecule has 0 amide bonds. The molecule has 0 radical (unpaired) electrons. The molecule has 0 fully saturated rings. The van der Waals surface area contributed by atoms with E-state index in [1.807, 2.05) is 0 Å². The van der Waals surface area contributed by atoms with Crippen molar-refractivity contribution in [2.24, 2.45) is 5.73 Å². The van der Waals surface area contributed by atoms with E-state index in [2.05, 4.69) is 60.4 Å². The van der Waals surface area contributed by atoms with E-state index in [9.17, 15) is 0 Å². The van der Waals surface area contributed by atoms with Crippen molar-refractivity contribution in [2.45, 2.75) is 32.5 Å². The first-order chi connectivity index (χ1) is 9.28. The fraction of sp³-hybridized carbons (Fsp3) is 0.294. The summed E-state index contributed by atoms with van der Waals surface area (Å²) in [5.41, 5.74) is 11.0. The summed E-state index contributed by atoms with van der Waals surface area (Å²) >= 11 is 0. The van der Waals surface area contributed by atoms with E-state index in [4.69, 9.17) is 5.73 Å².